The van der Waals surface area contributed by atoms with Crippen molar-refractivity contribution in [3.05, 3.63) is 11.3 Å². The third-order valence-corrected chi connectivity index (χ3v) is 3.20. The fraction of sp³-hybridized carbons (Fsp3) is 0.667. The molecule has 0 aliphatic heterocycles. The van der Waals surface area contributed by atoms with E-state index in [-0.39, 0.29) is 5.84 Å². The van der Waals surface area contributed by atoms with Gasteiger partial charge in [0.2, 0.25) is 0 Å². The van der Waals surface area contributed by atoms with Crippen molar-refractivity contribution in [3.8, 4) is 0 Å². The van der Waals surface area contributed by atoms with Gasteiger partial charge in [-0.05, 0) is 12.8 Å². The van der Waals surface area contributed by atoms with Gasteiger partial charge in [0.15, 0.2) is 5.84 Å². The molecule has 0 amide bonds. The fourth-order valence-corrected chi connectivity index (χ4v) is 2.12. The summed E-state index contributed by atoms with van der Waals surface area (Å²) >= 11 is 0. The highest BCUT2D eigenvalue weighted by molar-refractivity contribution is 6.02. The number of anilines is 1. The summed E-state index contributed by atoms with van der Waals surface area (Å²) in [7, 11) is 3.86. The third kappa shape index (κ3) is 2.75. The molecule has 0 spiro atoms. The summed E-state index contributed by atoms with van der Waals surface area (Å²) in [5.74, 6) is 1.56. The molecule has 0 aromatic carbocycles. The number of aromatic nitrogens is 2. The van der Waals surface area contributed by atoms with Crippen molar-refractivity contribution in [1.82, 2.24) is 9.78 Å². The van der Waals surface area contributed by atoms with Crippen LogP contribution in [-0.2, 0) is 7.05 Å². The van der Waals surface area contributed by atoms with Crippen molar-refractivity contribution < 1.29 is 5.21 Å². The highest BCUT2D eigenvalue weighted by Crippen LogP contribution is 2.23. The van der Waals surface area contributed by atoms with Crippen LogP contribution in [0.5, 0.6) is 0 Å². The van der Waals surface area contributed by atoms with E-state index in [1.807, 2.05) is 21.0 Å². The first-order chi connectivity index (χ1) is 8.42. The largest absolute Gasteiger partial charge is 0.409 e. The average molecular weight is 253 g/mol. The molecule has 18 heavy (non-hydrogen) atoms. The maximum absolute atomic E-state index is 8.86. The molecule has 0 bridgehead atoms. The summed E-state index contributed by atoms with van der Waals surface area (Å²) in [5.41, 5.74) is 7.19. The Morgan fingerprint density at radius 1 is 1.61 bits per heavy atom. The number of nitrogens with zero attached hydrogens (tertiary/aromatic N) is 4. The molecule has 6 heteroatoms. The predicted molar refractivity (Wildman–Crippen MR) is 73.2 cm³/mol. The Morgan fingerprint density at radius 2 is 2.22 bits per heavy atom. The second-order valence-electron chi connectivity index (χ2n) is 4.79. The molecule has 1 aromatic heterocycles. The van der Waals surface area contributed by atoms with Crippen LogP contribution in [0.1, 0.15) is 31.5 Å². The molecule has 1 atom stereocenters. The summed E-state index contributed by atoms with van der Waals surface area (Å²) < 4.78 is 1.77. The van der Waals surface area contributed by atoms with Gasteiger partial charge in [-0.1, -0.05) is 25.4 Å². The van der Waals surface area contributed by atoms with Crippen LogP contribution in [0.4, 0.5) is 5.82 Å². The minimum atomic E-state index is 0.103. The van der Waals surface area contributed by atoms with Gasteiger partial charge in [-0.25, -0.2) is 0 Å². The van der Waals surface area contributed by atoms with Gasteiger partial charge in [0, 0.05) is 20.6 Å². The van der Waals surface area contributed by atoms with Gasteiger partial charge in [-0.2, -0.15) is 5.10 Å². The standard InChI is InChI=1S/C12H23N5O/c1-6-8(2)7-16(4)12-10(11(13)15-18)9(3)14-17(12)5/h8,18H,6-7H2,1-5H3,(H2,13,15). The Hall–Kier alpha value is -1.72. The van der Waals surface area contributed by atoms with Gasteiger partial charge in [0.1, 0.15) is 5.82 Å². The van der Waals surface area contributed by atoms with Crippen LogP contribution >= 0.6 is 0 Å². The zero-order valence-electron chi connectivity index (χ0n) is 11.8. The lowest BCUT2D eigenvalue weighted by atomic mass is 10.1. The van der Waals surface area contributed by atoms with Crippen LogP contribution < -0.4 is 10.6 Å². The number of amidine groups is 1. The fourth-order valence-electron chi connectivity index (χ4n) is 2.12. The van der Waals surface area contributed by atoms with Crippen molar-refractivity contribution in [1.29, 1.82) is 0 Å². The number of rotatable bonds is 5. The first kappa shape index (κ1) is 14.3. The van der Waals surface area contributed by atoms with Crippen molar-refractivity contribution >= 4 is 11.7 Å². The lowest BCUT2D eigenvalue weighted by Crippen LogP contribution is -2.28. The van der Waals surface area contributed by atoms with Gasteiger partial charge in [-0.3, -0.25) is 4.68 Å². The molecular weight excluding hydrogens is 230 g/mol. The number of hydrogen-bond donors (Lipinski definition) is 2. The topological polar surface area (TPSA) is 79.7 Å². The van der Waals surface area contributed by atoms with Gasteiger partial charge in [0.25, 0.3) is 0 Å². The minimum absolute atomic E-state index is 0.103. The van der Waals surface area contributed by atoms with Gasteiger partial charge in [-0.15, -0.1) is 0 Å². The molecule has 1 heterocycles. The SMILES string of the molecule is CCC(C)CN(C)c1c(C(N)=NO)c(C)nn1C. The summed E-state index contributed by atoms with van der Waals surface area (Å²) in [4.78, 5) is 2.10. The van der Waals surface area contributed by atoms with Crippen molar-refractivity contribution in [2.45, 2.75) is 27.2 Å². The summed E-state index contributed by atoms with van der Waals surface area (Å²) in [6, 6.07) is 0. The smallest absolute Gasteiger partial charge is 0.175 e. The van der Waals surface area contributed by atoms with Crippen LogP contribution in [-0.4, -0.2) is 34.4 Å². The second kappa shape index (κ2) is 5.75. The lowest BCUT2D eigenvalue weighted by molar-refractivity contribution is 0.318. The molecule has 0 radical (unpaired) electrons. The zero-order chi connectivity index (χ0) is 13.9. The lowest BCUT2D eigenvalue weighted by Gasteiger charge is -2.23. The zero-order valence-corrected chi connectivity index (χ0v) is 11.8. The highest BCUT2D eigenvalue weighted by Gasteiger charge is 2.20. The van der Waals surface area contributed by atoms with Crippen molar-refractivity contribution in [2.24, 2.45) is 23.9 Å². The molecule has 1 unspecified atom stereocenters. The summed E-state index contributed by atoms with van der Waals surface area (Å²) in [5, 5.41) is 16.3. The molecule has 0 saturated carbocycles. The highest BCUT2D eigenvalue weighted by atomic mass is 16.4. The van der Waals surface area contributed by atoms with Crippen LogP contribution in [0.15, 0.2) is 5.16 Å². The van der Waals surface area contributed by atoms with Crippen LogP contribution in [0.2, 0.25) is 0 Å². The van der Waals surface area contributed by atoms with E-state index < -0.39 is 0 Å². The summed E-state index contributed by atoms with van der Waals surface area (Å²) in [6.07, 6.45) is 1.11. The molecule has 3 N–H and O–H groups in total. The van der Waals surface area contributed by atoms with E-state index in [9.17, 15) is 0 Å². The third-order valence-electron chi connectivity index (χ3n) is 3.20. The maximum Gasteiger partial charge on any atom is 0.175 e. The molecule has 0 saturated heterocycles. The number of aryl methyl sites for hydroxylation is 2. The first-order valence-corrected chi connectivity index (χ1v) is 6.14. The van der Waals surface area contributed by atoms with Crippen LogP contribution in [0.3, 0.4) is 0 Å². The average Bonchev–Trinajstić information content (AvgIpc) is 2.62. The Balaban J connectivity index is 3.15. The van der Waals surface area contributed by atoms with Crippen molar-refractivity contribution in [3.63, 3.8) is 0 Å². The monoisotopic (exact) mass is 253 g/mol. The maximum atomic E-state index is 8.86. The van der Waals surface area contributed by atoms with Gasteiger partial charge >= 0.3 is 0 Å². The molecule has 1 aromatic rings. The Bertz CT molecular complexity index is 438. The van der Waals surface area contributed by atoms with E-state index in [0.29, 0.717) is 11.5 Å². The quantitative estimate of drug-likeness (QED) is 0.359. The number of oxime groups is 1. The van der Waals surface area contributed by atoms with E-state index in [0.717, 1.165) is 24.5 Å². The molecule has 1 rings (SSSR count). The van der Waals surface area contributed by atoms with Gasteiger partial charge < -0.3 is 15.8 Å². The number of nitrogens with two attached hydrogens (primary N) is 1. The minimum Gasteiger partial charge on any atom is -0.409 e. The van der Waals surface area contributed by atoms with E-state index in [1.165, 1.54) is 0 Å². The van der Waals surface area contributed by atoms with E-state index in [4.69, 9.17) is 10.9 Å². The van der Waals surface area contributed by atoms with Crippen molar-refractivity contribution in [2.75, 3.05) is 18.5 Å². The molecule has 6 nitrogen and oxygen atoms in total. The second-order valence-corrected chi connectivity index (χ2v) is 4.79. The van der Waals surface area contributed by atoms with Crippen LogP contribution in [0, 0.1) is 12.8 Å². The molecular formula is C12H23N5O. The van der Waals surface area contributed by atoms with E-state index in [2.05, 4.69) is 29.0 Å². The van der Waals surface area contributed by atoms with Crippen LogP contribution in [0.25, 0.3) is 0 Å². The normalized spacial score (nSPS) is 13.7. The Kier molecular flexibility index (Phi) is 4.58. The molecule has 0 aliphatic carbocycles. The predicted octanol–water partition coefficient (Wildman–Crippen LogP) is 1.31. The first-order valence-electron chi connectivity index (χ1n) is 6.14. The number of hydrogen-bond acceptors (Lipinski definition) is 4. The Morgan fingerprint density at radius 3 is 2.72 bits per heavy atom. The molecule has 102 valence electrons. The molecule has 0 aliphatic rings. The molecule has 0 fully saturated rings. The van der Waals surface area contributed by atoms with E-state index >= 15 is 0 Å². The Labute approximate surface area is 108 Å². The van der Waals surface area contributed by atoms with Gasteiger partial charge in [0.05, 0.1) is 11.3 Å². The summed E-state index contributed by atoms with van der Waals surface area (Å²) in [6.45, 7) is 7.12. The van der Waals surface area contributed by atoms with E-state index in [1.54, 1.807) is 4.68 Å².